The van der Waals surface area contributed by atoms with Gasteiger partial charge in [0.2, 0.25) is 11.9 Å². The average Bonchev–Trinajstić information content (AvgIpc) is 2.79. The number of anilines is 1. The lowest BCUT2D eigenvalue weighted by Crippen LogP contribution is -2.33. The number of carboxylic acid groups (broad SMARTS) is 1. The van der Waals surface area contributed by atoms with Gasteiger partial charge >= 0.3 is 5.97 Å². The number of aromatic amines is 1. The number of carboxylic acids is 1. The van der Waals surface area contributed by atoms with Crippen molar-refractivity contribution in [2.24, 2.45) is 0 Å². The Morgan fingerprint density at radius 3 is 2.76 bits per heavy atom. The van der Waals surface area contributed by atoms with E-state index in [0.29, 0.717) is 12.4 Å². The number of rotatable bonds is 7. The number of carbonyl (C=O) groups is 2. The zero-order chi connectivity index (χ0) is 12.7. The van der Waals surface area contributed by atoms with E-state index >= 15 is 0 Å². The standard InChI is InChI=1S/C10H16N4O3/c1-2-3-4-8(15)14(6-5-9(16)17)10-11-7-12-13-10/h7H,2-6H2,1H3,(H,16,17)(H,11,12,13). The van der Waals surface area contributed by atoms with E-state index in [2.05, 4.69) is 15.2 Å². The summed E-state index contributed by atoms with van der Waals surface area (Å²) in [5.41, 5.74) is 0. The molecule has 7 nitrogen and oxygen atoms in total. The van der Waals surface area contributed by atoms with Crippen LogP contribution in [0.1, 0.15) is 32.6 Å². The molecular formula is C10H16N4O3. The summed E-state index contributed by atoms with van der Waals surface area (Å²) < 4.78 is 0. The van der Waals surface area contributed by atoms with Crippen molar-refractivity contribution in [3.8, 4) is 0 Å². The first kappa shape index (κ1) is 13.1. The summed E-state index contributed by atoms with van der Waals surface area (Å²) in [5.74, 6) is -0.782. The van der Waals surface area contributed by atoms with Crippen LogP contribution in [0.2, 0.25) is 0 Å². The Balaban J connectivity index is 2.65. The minimum absolute atomic E-state index is 0.104. The van der Waals surface area contributed by atoms with Gasteiger partial charge in [-0.2, -0.15) is 10.1 Å². The van der Waals surface area contributed by atoms with Crippen LogP contribution in [0, 0.1) is 0 Å². The number of carbonyl (C=O) groups excluding carboxylic acids is 1. The normalized spacial score (nSPS) is 10.2. The van der Waals surface area contributed by atoms with Gasteiger partial charge in [-0.15, -0.1) is 0 Å². The van der Waals surface area contributed by atoms with Crippen LogP contribution in [0.4, 0.5) is 5.95 Å². The quantitative estimate of drug-likeness (QED) is 0.734. The number of H-pyrrole nitrogens is 1. The summed E-state index contributed by atoms with van der Waals surface area (Å²) in [6.45, 7) is 2.09. The smallest absolute Gasteiger partial charge is 0.305 e. The number of hydrogen-bond donors (Lipinski definition) is 2. The molecule has 0 saturated carbocycles. The highest BCUT2D eigenvalue weighted by Gasteiger charge is 2.18. The highest BCUT2D eigenvalue weighted by atomic mass is 16.4. The van der Waals surface area contributed by atoms with Crippen molar-refractivity contribution in [2.75, 3.05) is 11.4 Å². The van der Waals surface area contributed by atoms with Gasteiger partial charge in [-0.1, -0.05) is 13.3 Å². The molecular weight excluding hydrogens is 224 g/mol. The second-order valence-electron chi connectivity index (χ2n) is 3.60. The molecule has 1 aromatic rings. The molecule has 1 rings (SSSR count). The van der Waals surface area contributed by atoms with Crippen molar-refractivity contribution < 1.29 is 14.7 Å². The minimum Gasteiger partial charge on any atom is -0.481 e. The lowest BCUT2D eigenvalue weighted by molar-refractivity contribution is -0.136. The molecule has 0 radical (unpaired) electrons. The molecule has 17 heavy (non-hydrogen) atoms. The van der Waals surface area contributed by atoms with Crippen LogP contribution >= 0.6 is 0 Å². The number of hydrogen-bond acceptors (Lipinski definition) is 4. The number of unbranched alkanes of at least 4 members (excludes halogenated alkanes) is 1. The van der Waals surface area contributed by atoms with Crippen LogP contribution < -0.4 is 4.90 Å². The highest BCUT2D eigenvalue weighted by molar-refractivity contribution is 5.91. The molecule has 0 unspecified atom stereocenters. The molecule has 1 aromatic heterocycles. The third-order valence-electron chi connectivity index (χ3n) is 2.25. The van der Waals surface area contributed by atoms with E-state index in [1.165, 1.54) is 11.2 Å². The lowest BCUT2D eigenvalue weighted by Gasteiger charge is -2.18. The summed E-state index contributed by atoms with van der Waals surface area (Å²) in [6.07, 6.45) is 3.25. The Hall–Kier alpha value is -1.92. The van der Waals surface area contributed by atoms with E-state index in [0.717, 1.165) is 12.8 Å². The van der Waals surface area contributed by atoms with Gasteiger partial charge < -0.3 is 5.11 Å². The monoisotopic (exact) mass is 240 g/mol. The summed E-state index contributed by atoms with van der Waals surface area (Å²) >= 11 is 0. The molecule has 0 aliphatic carbocycles. The van der Waals surface area contributed by atoms with Gasteiger partial charge in [0.15, 0.2) is 0 Å². The fourth-order valence-corrected chi connectivity index (χ4v) is 1.35. The number of aromatic nitrogens is 3. The van der Waals surface area contributed by atoms with Gasteiger partial charge in [0.1, 0.15) is 6.33 Å². The van der Waals surface area contributed by atoms with E-state index in [9.17, 15) is 9.59 Å². The molecule has 94 valence electrons. The van der Waals surface area contributed by atoms with Crippen molar-refractivity contribution >= 4 is 17.8 Å². The van der Waals surface area contributed by atoms with Crippen molar-refractivity contribution in [3.05, 3.63) is 6.33 Å². The van der Waals surface area contributed by atoms with Gasteiger partial charge in [0.05, 0.1) is 6.42 Å². The fraction of sp³-hybridized carbons (Fsp3) is 0.600. The molecule has 0 aromatic carbocycles. The Morgan fingerprint density at radius 1 is 1.47 bits per heavy atom. The van der Waals surface area contributed by atoms with E-state index in [4.69, 9.17) is 5.11 Å². The second kappa shape index (κ2) is 6.62. The average molecular weight is 240 g/mol. The van der Waals surface area contributed by atoms with Crippen LogP contribution in [-0.2, 0) is 9.59 Å². The summed E-state index contributed by atoms with van der Waals surface area (Å²) in [4.78, 5) is 27.6. The summed E-state index contributed by atoms with van der Waals surface area (Å²) in [7, 11) is 0. The van der Waals surface area contributed by atoms with Crippen molar-refractivity contribution in [1.29, 1.82) is 0 Å². The Morgan fingerprint density at radius 2 is 2.24 bits per heavy atom. The van der Waals surface area contributed by atoms with E-state index in [-0.39, 0.29) is 18.9 Å². The van der Waals surface area contributed by atoms with Crippen LogP contribution in [0.3, 0.4) is 0 Å². The summed E-state index contributed by atoms with van der Waals surface area (Å²) in [6, 6.07) is 0. The molecule has 0 spiro atoms. The molecule has 7 heteroatoms. The third-order valence-corrected chi connectivity index (χ3v) is 2.25. The second-order valence-corrected chi connectivity index (χ2v) is 3.60. The molecule has 0 saturated heterocycles. The topological polar surface area (TPSA) is 99.2 Å². The van der Waals surface area contributed by atoms with Crippen LogP contribution in [-0.4, -0.2) is 38.7 Å². The Labute approximate surface area is 98.8 Å². The molecule has 1 heterocycles. The van der Waals surface area contributed by atoms with Crippen LogP contribution in [0.15, 0.2) is 6.33 Å². The molecule has 2 N–H and O–H groups in total. The first-order valence-corrected chi connectivity index (χ1v) is 5.52. The Kier molecular flexibility index (Phi) is 5.12. The van der Waals surface area contributed by atoms with Gasteiger partial charge in [-0.25, -0.2) is 5.10 Å². The maximum Gasteiger partial charge on any atom is 0.305 e. The van der Waals surface area contributed by atoms with E-state index < -0.39 is 5.97 Å². The molecule has 0 atom stereocenters. The molecule has 0 fully saturated rings. The van der Waals surface area contributed by atoms with Crippen molar-refractivity contribution in [3.63, 3.8) is 0 Å². The summed E-state index contributed by atoms with van der Waals surface area (Å²) in [5, 5.41) is 14.9. The van der Waals surface area contributed by atoms with Gasteiger partial charge in [-0.05, 0) is 6.42 Å². The van der Waals surface area contributed by atoms with Crippen molar-refractivity contribution in [1.82, 2.24) is 15.2 Å². The first-order valence-electron chi connectivity index (χ1n) is 5.52. The SMILES string of the molecule is CCCCC(=O)N(CCC(=O)O)c1ncn[nH]1. The number of nitrogens with zero attached hydrogens (tertiary/aromatic N) is 3. The van der Waals surface area contributed by atoms with E-state index in [1.54, 1.807) is 0 Å². The van der Waals surface area contributed by atoms with E-state index in [1.807, 2.05) is 6.92 Å². The lowest BCUT2D eigenvalue weighted by atomic mass is 10.2. The largest absolute Gasteiger partial charge is 0.481 e. The maximum atomic E-state index is 11.9. The zero-order valence-electron chi connectivity index (χ0n) is 9.72. The molecule has 0 bridgehead atoms. The molecule has 1 amide bonds. The van der Waals surface area contributed by atoms with Crippen LogP contribution in [0.5, 0.6) is 0 Å². The predicted octanol–water partition coefficient (Wildman–Crippen LogP) is 0.803. The Bertz CT molecular complexity index is 364. The first-order chi connectivity index (χ1) is 8.15. The maximum absolute atomic E-state index is 11.9. The molecule has 0 aliphatic heterocycles. The van der Waals surface area contributed by atoms with Crippen LogP contribution in [0.25, 0.3) is 0 Å². The predicted molar refractivity (Wildman–Crippen MR) is 60.5 cm³/mol. The minimum atomic E-state index is -0.946. The fourth-order valence-electron chi connectivity index (χ4n) is 1.35. The number of amides is 1. The number of aliphatic carboxylic acids is 1. The van der Waals surface area contributed by atoms with Gasteiger partial charge in [-0.3, -0.25) is 14.5 Å². The van der Waals surface area contributed by atoms with Gasteiger partial charge in [0.25, 0.3) is 0 Å². The third kappa shape index (κ3) is 4.21. The zero-order valence-corrected chi connectivity index (χ0v) is 9.72. The highest BCUT2D eigenvalue weighted by Crippen LogP contribution is 2.09. The number of nitrogens with one attached hydrogen (secondary N) is 1. The molecule has 0 aliphatic rings. The van der Waals surface area contributed by atoms with Crippen molar-refractivity contribution in [2.45, 2.75) is 32.6 Å². The van der Waals surface area contributed by atoms with Gasteiger partial charge in [0, 0.05) is 13.0 Å².